The molecular weight excluding hydrogens is 378 g/mol. The molecule has 2 heterocycles. The van der Waals surface area contributed by atoms with E-state index < -0.39 is 11.6 Å². The molecule has 1 aliphatic rings. The number of benzene rings is 1. The molecule has 0 unspecified atom stereocenters. The summed E-state index contributed by atoms with van der Waals surface area (Å²) in [5.74, 6) is -0.272. The first-order chi connectivity index (χ1) is 13.7. The number of piperidine rings is 1. The average Bonchev–Trinajstić information content (AvgIpc) is 3.14. The molecule has 1 saturated heterocycles. The van der Waals surface area contributed by atoms with Gasteiger partial charge in [-0.2, -0.15) is 4.98 Å². The molecule has 9 nitrogen and oxygen atoms in total. The summed E-state index contributed by atoms with van der Waals surface area (Å²) in [6.45, 7) is 6.90. The highest BCUT2D eigenvalue weighted by Crippen LogP contribution is 2.20. The van der Waals surface area contributed by atoms with Crippen LogP contribution < -0.4 is 0 Å². The number of hydrogen-bond donors (Lipinski definition) is 1. The third kappa shape index (κ3) is 5.77. The number of aromatic nitrogens is 2. The average molecular weight is 403 g/mol. The van der Waals surface area contributed by atoms with E-state index in [1.54, 1.807) is 17.0 Å². The van der Waals surface area contributed by atoms with E-state index in [-0.39, 0.29) is 24.4 Å². The normalized spacial score (nSPS) is 15.3. The predicted octanol–water partition coefficient (Wildman–Crippen LogP) is 3.35. The number of carboxylic acids is 1. The molecule has 1 aromatic carbocycles. The van der Waals surface area contributed by atoms with Crippen LogP contribution in [0.2, 0.25) is 0 Å². The van der Waals surface area contributed by atoms with Gasteiger partial charge in [-0.3, -0.25) is 0 Å². The van der Waals surface area contributed by atoms with Crippen molar-refractivity contribution < 1.29 is 28.7 Å². The minimum Gasteiger partial charge on any atom is -0.478 e. The highest BCUT2D eigenvalue weighted by Gasteiger charge is 2.27. The maximum atomic E-state index is 12.1. The number of likely N-dealkylation sites (tertiary alicyclic amines) is 1. The molecule has 1 N–H and O–H groups in total. The van der Waals surface area contributed by atoms with Crippen LogP contribution in [0.3, 0.4) is 0 Å². The smallest absolute Gasteiger partial charge is 0.410 e. The Bertz CT molecular complexity index is 848. The molecule has 1 aromatic heterocycles. The molecule has 1 amide bonds. The Kier molecular flexibility index (Phi) is 6.17. The van der Waals surface area contributed by atoms with Crippen molar-refractivity contribution in [2.24, 2.45) is 0 Å². The summed E-state index contributed by atoms with van der Waals surface area (Å²) < 4.78 is 16.5. The highest BCUT2D eigenvalue weighted by molar-refractivity contribution is 5.88. The standard InChI is InChI=1S/C20H25N3O6/c1-20(2,3)28-19(26)23-10-8-15(9-11-23)27-12-16-21-17(29-22-16)13-4-6-14(7-5-13)18(24)25/h4-7,15H,8-12H2,1-3H3,(H,24,25). The molecule has 29 heavy (non-hydrogen) atoms. The van der Waals surface area contributed by atoms with Gasteiger partial charge >= 0.3 is 12.1 Å². The molecule has 0 spiro atoms. The first-order valence-electron chi connectivity index (χ1n) is 9.47. The van der Waals surface area contributed by atoms with Crippen LogP contribution in [0.5, 0.6) is 0 Å². The second kappa shape index (κ2) is 8.60. The van der Waals surface area contributed by atoms with E-state index in [0.717, 1.165) is 0 Å². The van der Waals surface area contributed by atoms with E-state index in [0.29, 0.717) is 43.2 Å². The zero-order valence-corrected chi connectivity index (χ0v) is 16.8. The third-order valence-electron chi connectivity index (χ3n) is 4.39. The third-order valence-corrected chi connectivity index (χ3v) is 4.39. The lowest BCUT2D eigenvalue weighted by molar-refractivity contribution is -0.0190. The lowest BCUT2D eigenvalue weighted by atomic mass is 10.1. The van der Waals surface area contributed by atoms with E-state index in [9.17, 15) is 9.59 Å². The number of carbonyl (C=O) groups excluding carboxylic acids is 1. The maximum Gasteiger partial charge on any atom is 0.410 e. The van der Waals surface area contributed by atoms with Gasteiger partial charge in [0.2, 0.25) is 0 Å². The van der Waals surface area contributed by atoms with E-state index >= 15 is 0 Å². The van der Waals surface area contributed by atoms with E-state index in [4.69, 9.17) is 19.1 Å². The summed E-state index contributed by atoms with van der Waals surface area (Å²) in [7, 11) is 0. The zero-order chi connectivity index (χ0) is 21.0. The van der Waals surface area contributed by atoms with Gasteiger partial charge < -0.3 is 24.0 Å². The highest BCUT2D eigenvalue weighted by atomic mass is 16.6. The van der Waals surface area contributed by atoms with Crippen LogP contribution in [0.15, 0.2) is 28.8 Å². The number of carboxylic acid groups (broad SMARTS) is 1. The fraction of sp³-hybridized carbons (Fsp3) is 0.500. The van der Waals surface area contributed by atoms with Gasteiger partial charge in [-0.1, -0.05) is 5.16 Å². The minimum absolute atomic E-state index is 0.00508. The van der Waals surface area contributed by atoms with Crippen molar-refractivity contribution in [2.75, 3.05) is 13.1 Å². The fourth-order valence-electron chi connectivity index (χ4n) is 2.91. The molecule has 1 aliphatic heterocycles. The maximum absolute atomic E-state index is 12.1. The lowest BCUT2D eigenvalue weighted by Crippen LogP contribution is -2.43. The Hall–Kier alpha value is -2.94. The van der Waals surface area contributed by atoms with Gasteiger partial charge in [0, 0.05) is 18.7 Å². The van der Waals surface area contributed by atoms with Gasteiger partial charge in [-0.05, 0) is 57.9 Å². The van der Waals surface area contributed by atoms with Gasteiger partial charge in [0.1, 0.15) is 12.2 Å². The van der Waals surface area contributed by atoms with Crippen molar-refractivity contribution in [3.8, 4) is 11.5 Å². The first-order valence-corrected chi connectivity index (χ1v) is 9.47. The topological polar surface area (TPSA) is 115 Å². The van der Waals surface area contributed by atoms with Crippen molar-refractivity contribution >= 4 is 12.1 Å². The molecule has 0 atom stereocenters. The summed E-state index contributed by atoms with van der Waals surface area (Å²) in [6.07, 6.45) is 1.12. The SMILES string of the molecule is CC(C)(C)OC(=O)N1CCC(OCc2noc(-c3ccc(C(=O)O)cc3)n2)CC1. The van der Waals surface area contributed by atoms with Crippen LogP contribution >= 0.6 is 0 Å². The number of nitrogens with zero attached hydrogens (tertiary/aromatic N) is 3. The molecule has 0 saturated carbocycles. The van der Waals surface area contributed by atoms with Crippen LogP contribution in [0.1, 0.15) is 49.8 Å². The molecule has 2 aromatic rings. The number of ether oxygens (including phenoxy) is 2. The van der Waals surface area contributed by atoms with Crippen molar-refractivity contribution in [3.05, 3.63) is 35.7 Å². The Morgan fingerprint density at radius 2 is 1.86 bits per heavy atom. The quantitative estimate of drug-likeness (QED) is 0.808. The number of aromatic carboxylic acids is 1. The van der Waals surface area contributed by atoms with Crippen LogP contribution in [0.25, 0.3) is 11.5 Å². The van der Waals surface area contributed by atoms with Gasteiger partial charge in [-0.25, -0.2) is 9.59 Å². The largest absolute Gasteiger partial charge is 0.478 e. The summed E-state index contributed by atoms with van der Waals surface area (Å²) >= 11 is 0. The molecule has 156 valence electrons. The molecule has 3 rings (SSSR count). The van der Waals surface area contributed by atoms with E-state index in [2.05, 4.69) is 10.1 Å². The zero-order valence-electron chi connectivity index (χ0n) is 16.8. The minimum atomic E-state index is -0.992. The number of rotatable bonds is 5. The predicted molar refractivity (Wildman–Crippen MR) is 102 cm³/mol. The van der Waals surface area contributed by atoms with Gasteiger partial charge in [0.05, 0.1) is 11.7 Å². The molecule has 1 fully saturated rings. The summed E-state index contributed by atoms with van der Waals surface area (Å²) in [5, 5.41) is 12.9. The van der Waals surface area contributed by atoms with Crippen molar-refractivity contribution in [1.82, 2.24) is 15.0 Å². The molecular formula is C20H25N3O6. The first kappa shape index (κ1) is 20.8. The molecule has 0 aliphatic carbocycles. The molecule has 9 heteroatoms. The fourth-order valence-corrected chi connectivity index (χ4v) is 2.91. The lowest BCUT2D eigenvalue weighted by Gasteiger charge is -2.33. The van der Waals surface area contributed by atoms with Gasteiger partial charge in [0.15, 0.2) is 5.82 Å². The van der Waals surface area contributed by atoms with Crippen molar-refractivity contribution in [2.45, 2.75) is 51.9 Å². The van der Waals surface area contributed by atoms with Crippen molar-refractivity contribution in [1.29, 1.82) is 0 Å². The van der Waals surface area contributed by atoms with Crippen LogP contribution in [0, 0.1) is 0 Å². The number of amides is 1. The van der Waals surface area contributed by atoms with E-state index in [1.807, 2.05) is 20.8 Å². The van der Waals surface area contributed by atoms with Gasteiger partial charge in [0.25, 0.3) is 5.89 Å². The second-order valence-corrected chi connectivity index (χ2v) is 7.88. The summed E-state index contributed by atoms with van der Waals surface area (Å²) in [6, 6.07) is 6.20. The Morgan fingerprint density at radius 3 is 2.45 bits per heavy atom. The second-order valence-electron chi connectivity index (χ2n) is 7.88. The number of carbonyl (C=O) groups is 2. The summed E-state index contributed by atoms with van der Waals surface area (Å²) in [4.78, 5) is 29.0. The Labute approximate surface area is 168 Å². The summed E-state index contributed by atoms with van der Waals surface area (Å²) in [5.41, 5.74) is 0.322. The van der Waals surface area contributed by atoms with Crippen molar-refractivity contribution in [3.63, 3.8) is 0 Å². The number of hydrogen-bond acceptors (Lipinski definition) is 7. The van der Waals surface area contributed by atoms with Crippen LogP contribution in [0.4, 0.5) is 4.79 Å². The van der Waals surface area contributed by atoms with Gasteiger partial charge in [-0.15, -0.1) is 0 Å². The Morgan fingerprint density at radius 1 is 1.21 bits per heavy atom. The monoisotopic (exact) mass is 403 g/mol. The Balaban J connectivity index is 1.47. The van der Waals surface area contributed by atoms with E-state index in [1.165, 1.54) is 12.1 Å². The van der Waals surface area contributed by atoms with Crippen LogP contribution in [-0.4, -0.2) is 57.0 Å². The van der Waals surface area contributed by atoms with Crippen LogP contribution in [-0.2, 0) is 16.1 Å². The molecule has 0 radical (unpaired) electrons. The molecule has 0 bridgehead atoms.